The van der Waals surface area contributed by atoms with Crippen LogP contribution in [0.5, 0.6) is 0 Å². The second-order valence-electron chi connectivity index (χ2n) is 4.25. The van der Waals surface area contributed by atoms with E-state index in [4.69, 9.17) is 10.7 Å². The number of halogens is 1. The van der Waals surface area contributed by atoms with E-state index in [0.717, 1.165) is 6.42 Å². The molecule has 90 valence electrons. The van der Waals surface area contributed by atoms with Crippen LogP contribution in [0.2, 0.25) is 0 Å². The second-order valence-corrected chi connectivity index (χ2v) is 7.30. The van der Waals surface area contributed by atoms with E-state index >= 15 is 0 Å². The van der Waals surface area contributed by atoms with Crippen molar-refractivity contribution in [2.45, 2.75) is 38.9 Å². The molecule has 4 heteroatoms. The Labute approximate surface area is 102 Å². The smallest absolute Gasteiger partial charge is 0.212 e. The van der Waals surface area contributed by atoms with Crippen LogP contribution in [0.25, 0.3) is 0 Å². The lowest BCUT2D eigenvalue weighted by atomic mass is 10.0. The van der Waals surface area contributed by atoms with Crippen molar-refractivity contribution < 1.29 is 8.42 Å². The van der Waals surface area contributed by atoms with Gasteiger partial charge in [-0.3, -0.25) is 0 Å². The Hall–Kier alpha value is -0.540. The molecule has 1 aromatic carbocycles. The highest BCUT2D eigenvalue weighted by Gasteiger charge is 2.17. The first-order chi connectivity index (χ1) is 7.30. The number of benzene rings is 1. The average molecular weight is 261 g/mol. The summed E-state index contributed by atoms with van der Waals surface area (Å²) in [6.07, 6.45) is 1.32. The molecule has 1 unspecified atom stereocenters. The molecule has 0 fully saturated rings. The quantitative estimate of drug-likeness (QED) is 0.779. The average Bonchev–Trinajstić information content (AvgIpc) is 2.17. The first-order valence-electron chi connectivity index (χ1n) is 5.30. The maximum atomic E-state index is 11.1. The van der Waals surface area contributed by atoms with Gasteiger partial charge in [-0.05, 0) is 44.7 Å². The van der Waals surface area contributed by atoms with Crippen LogP contribution >= 0.6 is 10.7 Å². The lowest BCUT2D eigenvalue weighted by Gasteiger charge is -2.10. The van der Waals surface area contributed by atoms with E-state index in [1.54, 1.807) is 6.92 Å². The van der Waals surface area contributed by atoms with Crippen LogP contribution < -0.4 is 0 Å². The Morgan fingerprint density at radius 1 is 1.31 bits per heavy atom. The summed E-state index contributed by atoms with van der Waals surface area (Å²) in [5, 5.41) is -0.492. The van der Waals surface area contributed by atoms with E-state index in [1.165, 1.54) is 16.7 Å². The van der Waals surface area contributed by atoms with Crippen LogP contribution in [-0.4, -0.2) is 13.7 Å². The van der Waals surface area contributed by atoms with Gasteiger partial charge in [-0.25, -0.2) is 8.42 Å². The molecule has 0 spiro atoms. The Bertz CT molecular complexity index is 466. The summed E-state index contributed by atoms with van der Waals surface area (Å²) in [4.78, 5) is 0. The molecule has 0 saturated heterocycles. The minimum atomic E-state index is -3.42. The van der Waals surface area contributed by atoms with Crippen LogP contribution in [0.3, 0.4) is 0 Å². The predicted octanol–water partition coefficient (Wildman–Crippen LogP) is 3.19. The third-order valence-electron chi connectivity index (χ3n) is 2.81. The van der Waals surface area contributed by atoms with Crippen LogP contribution in [0, 0.1) is 13.8 Å². The van der Waals surface area contributed by atoms with Gasteiger partial charge in [-0.1, -0.05) is 23.8 Å². The standard InChI is InChI=1S/C12H17ClO2S/c1-9-4-5-10(2)12(8-9)7-6-11(3)16(13,14)15/h4-5,8,11H,6-7H2,1-3H3. The van der Waals surface area contributed by atoms with E-state index in [1.807, 2.05) is 13.8 Å². The molecule has 0 bridgehead atoms. The molecule has 0 N–H and O–H groups in total. The van der Waals surface area contributed by atoms with Crippen LogP contribution in [-0.2, 0) is 15.5 Å². The molecule has 1 aromatic rings. The monoisotopic (exact) mass is 260 g/mol. The van der Waals surface area contributed by atoms with Gasteiger partial charge in [0, 0.05) is 10.7 Å². The van der Waals surface area contributed by atoms with Crippen molar-refractivity contribution in [1.29, 1.82) is 0 Å². The maximum absolute atomic E-state index is 11.1. The lowest BCUT2D eigenvalue weighted by Crippen LogP contribution is -2.12. The van der Waals surface area contributed by atoms with E-state index in [9.17, 15) is 8.42 Å². The molecule has 0 saturated carbocycles. The summed E-state index contributed by atoms with van der Waals surface area (Å²) in [6, 6.07) is 6.22. The molecule has 0 radical (unpaired) electrons. The minimum absolute atomic E-state index is 0.492. The fourth-order valence-corrected chi connectivity index (χ4v) is 2.24. The normalized spacial score (nSPS) is 13.8. The van der Waals surface area contributed by atoms with Crippen molar-refractivity contribution in [3.8, 4) is 0 Å². The molecule has 1 atom stereocenters. The van der Waals surface area contributed by atoms with Crippen molar-refractivity contribution >= 4 is 19.7 Å². The topological polar surface area (TPSA) is 34.1 Å². The van der Waals surface area contributed by atoms with Gasteiger partial charge in [-0.2, -0.15) is 0 Å². The predicted molar refractivity (Wildman–Crippen MR) is 68.5 cm³/mol. The zero-order valence-corrected chi connectivity index (χ0v) is 11.4. The Morgan fingerprint density at radius 2 is 1.94 bits per heavy atom. The summed E-state index contributed by atoms with van der Waals surface area (Å²) in [7, 11) is 1.87. The highest BCUT2D eigenvalue weighted by molar-refractivity contribution is 8.14. The van der Waals surface area contributed by atoms with E-state index in [2.05, 4.69) is 18.2 Å². The molecular weight excluding hydrogens is 244 g/mol. The summed E-state index contributed by atoms with van der Waals surface area (Å²) in [5.41, 5.74) is 3.60. The van der Waals surface area contributed by atoms with Crippen molar-refractivity contribution in [3.63, 3.8) is 0 Å². The van der Waals surface area contributed by atoms with E-state index < -0.39 is 14.3 Å². The molecule has 0 aromatic heterocycles. The first-order valence-corrected chi connectivity index (χ1v) is 7.67. The first kappa shape index (κ1) is 13.5. The number of aryl methyl sites for hydroxylation is 3. The molecule has 1 rings (SSSR count). The molecule has 0 aliphatic rings. The minimum Gasteiger partial charge on any atom is -0.212 e. The van der Waals surface area contributed by atoms with Crippen molar-refractivity contribution in [2.24, 2.45) is 0 Å². The van der Waals surface area contributed by atoms with Gasteiger partial charge >= 0.3 is 0 Å². The SMILES string of the molecule is Cc1ccc(C)c(CCC(C)S(=O)(=O)Cl)c1. The van der Waals surface area contributed by atoms with Gasteiger partial charge in [0.05, 0.1) is 5.25 Å². The fourth-order valence-electron chi connectivity index (χ4n) is 1.57. The number of rotatable bonds is 4. The van der Waals surface area contributed by atoms with Gasteiger partial charge in [0.15, 0.2) is 0 Å². The molecule has 2 nitrogen and oxygen atoms in total. The van der Waals surface area contributed by atoms with E-state index in [-0.39, 0.29) is 0 Å². The zero-order valence-electron chi connectivity index (χ0n) is 9.83. The summed E-state index contributed by atoms with van der Waals surface area (Å²) < 4.78 is 22.1. The molecule has 16 heavy (non-hydrogen) atoms. The highest BCUT2D eigenvalue weighted by Crippen LogP contribution is 2.17. The fraction of sp³-hybridized carbons (Fsp3) is 0.500. The third-order valence-corrected chi connectivity index (χ3v) is 4.91. The van der Waals surface area contributed by atoms with Gasteiger partial charge in [0.25, 0.3) is 0 Å². The van der Waals surface area contributed by atoms with Gasteiger partial charge < -0.3 is 0 Å². The Balaban J connectivity index is 2.72. The van der Waals surface area contributed by atoms with Gasteiger partial charge in [0.1, 0.15) is 0 Å². The van der Waals surface area contributed by atoms with E-state index in [0.29, 0.717) is 6.42 Å². The second kappa shape index (κ2) is 5.19. The van der Waals surface area contributed by atoms with Crippen molar-refractivity contribution in [3.05, 3.63) is 34.9 Å². The van der Waals surface area contributed by atoms with Crippen LogP contribution in [0.15, 0.2) is 18.2 Å². The summed E-state index contributed by atoms with van der Waals surface area (Å²) in [5.74, 6) is 0. The molecule has 0 aliphatic carbocycles. The molecule has 0 amide bonds. The maximum Gasteiger partial charge on any atom is 0.235 e. The Kier molecular flexibility index (Phi) is 4.39. The number of hydrogen-bond acceptors (Lipinski definition) is 2. The molecular formula is C12H17ClO2S. The molecule has 0 heterocycles. The summed E-state index contributed by atoms with van der Waals surface area (Å²) in [6.45, 7) is 5.72. The largest absolute Gasteiger partial charge is 0.235 e. The van der Waals surface area contributed by atoms with Crippen LogP contribution in [0.4, 0.5) is 0 Å². The number of hydrogen-bond donors (Lipinski definition) is 0. The Morgan fingerprint density at radius 3 is 2.50 bits per heavy atom. The van der Waals surface area contributed by atoms with Gasteiger partial charge in [-0.15, -0.1) is 0 Å². The van der Waals surface area contributed by atoms with Gasteiger partial charge in [0.2, 0.25) is 9.05 Å². The summed E-state index contributed by atoms with van der Waals surface area (Å²) >= 11 is 0. The van der Waals surface area contributed by atoms with Crippen molar-refractivity contribution in [2.75, 3.05) is 0 Å². The van der Waals surface area contributed by atoms with Crippen molar-refractivity contribution in [1.82, 2.24) is 0 Å². The van der Waals surface area contributed by atoms with Crippen LogP contribution in [0.1, 0.15) is 30.0 Å². The molecule has 0 aliphatic heterocycles. The third kappa shape index (κ3) is 3.80. The zero-order chi connectivity index (χ0) is 12.3. The lowest BCUT2D eigenvalue weighted by molar-refractivity contribution is 0.591. The highest BCUT2D eigenvalue weighted by atomic mass is 35.7.